The highest BCUT2D eigenvalue weighted by molar-refractivity contribution is 5.88. The van der Waals surface area contributed by atoms with E-state index in [1.165, 1.54) is 0 Å². The lowest BCUT2D eigenvalue weighted by Crippen LogP contribution is -2.47. The zero-order valence-corrected chi connectivity index (χ0v) is 14.2. The molecule has 7 heteroatoms. The maximum atomic E-state index is 12.3. The first-order chi connectivity index (χ1) is 10.7. The maximum absolute atomic E-state index is 12.3. The average Bonchev–Trinajstić information content (AvgIpc) is 2.67. The van der Waals surface area contributed by atoms with Crippen LogP contribution in [0.25, 0.3) is 0 Å². The number of nitrogens with two attached hydrogens (primary N) is 1. The average molecular weight is 325 g/mol. The minimum atomic E-state index is -0.542. The molecule has 0 spiro atoms. The van der Waals surface area contributed by atoms with E-state index < -0.39 is 17.4 Å². The van der Waals surface area contributed by atoms with Crippen molar-refractivity contribution < 1.29 is 19.1 Å². The van der Waals surface area contributed by atoms with Gasteiger partial charge in [0.15, 0.2) is 0 Å². The van der Waals surface area contributed by atoms with Crippen LogP contribution in [0.1, 0.15) is 46.5 Å². The molecule has 2 aliphatic rings. The molecule has 2 rings (SSSR count). The van der Waals surface area contributed by atoms with Crippen molar-refractivity contribution >= 4 is 17.9 Å². The van der Waals surface area contributed by atoms with Crippen LogP contribution in [-0.4, -0.2) is 59.0 Å². The molecule has 0 aromatic heterocycles. The van der Waals surface area contributed by atoms with Gasteiger partial charge in [-0.1, -0.05) is 0 Å². The highest BCUT2D eigenvalue weighted by Crippen LogP contribution is 2.25. The number of carbonyl (C=O) groups excluding carboxylic acids is 3. The Bertz CT molecular complexity index is 486. The first kappa shape index (κ1) is 17.6. The molecule has 130 valence electrons. The van der Waals surface area contributed by atoms with E-state index in [1.807, 2.05) is 20.8 Å². The Morgan fingerprint density at radius 3 is 2.48 bits per heavy atom. The second kappa shape index (κ2) is 6.76. The summed E-state index contributed by atoms with van der Waals surface area (Å²) in [7, 11) is 0. The first-order valence-electron chi connectivity index (χ1n) is 8.24. The quantitative estimate of drug-likeness (QED) is 0.823. The third-order valence-corrected chi connectivity index (χ3v) is 4.30. The normalized spacial score (nSPS) is 26.1. The van der Waals surface area contributed by atoms with Crippen molar-refractivity contribution in [3.8, 4) is 0 Å². The van der Waals surface area contributed by atoms with Crippen molar-refractivity contribution in [1.29, 1.82) is 0 Å². The van der Waals surface area contributed by atoms with Gasteiger partial charge in [-0.2, -0.15) is 0 Å². The minimum Gasteiger partial charge on any atom is -0.444 e. The molecule has 0 aliphatic carbocycles. The zero-order valence-electron chi connectivity index (χ0n) is 14.2. The highest BCUT2D eigenvalue weighted by Gasteiger charge is 2.38. The predicted octanol–water partition coefficient (Wildman–Crippen LogP) is 1.11. The van der Waals surface area contributed by atoms with Crippen LogP contribution in [0.4, 0.5) is 4.79 Å². The molecular weight excluding hydrogens is 298 g/mol. The summed E-state index contributed by atoms with van der Waals surface area (Å²) < 4.78 is 5.44. The van der Waals surface area contributed by atoms with Crippen LogP contribution in [0.2, 0.25) is 0 Å². The van der Waals surface area contributed by atoms with Crippen molar-refractivity contribution in [1.82, 2.24) is 9.80 Å². The molecule has 0 aromatic carbocycles. The van der Waals surface area contributed by atoms with Gasteiger partial charge in [-0.3, -0.25) is 9.59 Å². The monoisotopic (exact) mass is 325 g/mol. The third-order valence-electron chi connectivity index (χ3n) is 4.30. The third kappa shape index (κ3) is 4.59. The molecule has 2 fully saturated rings. The molecular formula is C16H27N3O4. The van der Waals surface area contributed by atoms with E-state index in [0.717, 1.165) is 19.3 Å². The van der Waals surface area contributed by atoms with Crippen LogP contribution in [-0.2, 0) is 14.3 Å². The molecule has 2 heterocycles. The summed E-state index contributed by atoms with van der Waals surface area (Å²) >= 11 is 0. The predicted molar refractivity (Wildman–Crippen MR) is 84.5 cm³/mol. The number of carbonyl (C=O) groups is 3. The smallest absolute Gasteiger partial charge is 0.410 e. The van der Waals surface area contributed by atoms with Crippen LogP contribution in [0.5, 0.6) is 0 Å². The summed E-state index contributed by atoms with van der Waals surface area (Å²) in [5.41, 5.74) is 4.78. The van der Waals surface area contributed by atoms with Gasteiger partial charge in [-0.15, -0.1) is 0 Å². The fourth-order valence-corrected chi connectivity index (χ4v) is 3.14. The number of rotatable bonds is 2. The number of nitrogens with zero attached hydrogens (tertiary/aromatic N) is 2. The zero-order chi connectivity index (χ0) is 17.2. The van der Waals surface area contributed by atoms with E-state index in [0.29, 0.717) is 19.6 Å². The van der Waals surface area contributed by atoms with Gasteiger partial charge in [0.1, 0.15) is 5.60 Å². The van der Waals surface area contributed by atoms with Crippen LogP contribution < -0.4 is 5.73 Å². The fraction of sp³-hybridized carbons (Fsp3) is 0.812. The van der Waals surface area contributed by atoms with E-state index in [4.69, 9.17) is 10.5 Å². The lowest BCUT2D eigenvalue weighted by molar-refractivity contribution is -0.130. The Labute approximate surface area is 137 Å². The molecule has 7 nitrogen and oxygen atoms in total. The van der Waals surface area contributed by atoms with Gasteiger partial charge in [-0.05, 0) is 40.0 Å². The van der Waals surface area contributed by atoms with E-state index in [9.17, 15) is 14.4 Å². The molecule has 2 saturated heterocycles. The standard InChI is InChI=1S/C16H27N3O4/c1-16(2,3)23-15(22)18-7-5-4-6-12(10-18)19-9-11(14(17)21)8-13(19)20/h11-12H,4-10H2,1-3H3,(H2,17,21). The van der Waals surface area contributed by atoms with Crippen molar-refractivity contribution in [2.75, 3.05) is 19.6 Å². The number of ether oxygens (including phenoxy) is 1. The van der Waals surface area contributed by atoms with Crippen molar-refractivity contribution in [2.24, 2.45) is 11.7 Å². The minimum absolute atomic E-state index is 0.0511. The van der Waals surface area contributed by atoms with E-state index in [1.54, 1.807) is 9.80 Å². The summed E-state index contributed by atoms with van der Waals surface area (Å²) in [6.07, 6.45) is 2.49. The maximum Gasteiger partial charge on any atom is 0.410 e. The number of primary amides is 1. The number of likely N-dealkylation sites (tertiary alicyclic amines) is 2. The Balaban J connectivity index is 2.03. The van der Waals surface area contributed by atoms with Crippen molar-refractivity contribution in [3.63, 3.8) is 0 Å². The molecule has 2 aliphatic heterocycles. The van der Waals surface area contributed by atoms with Gasteiger partial charge in [-0.25, -0.2) is 4.79 Å². The topological polar surface area (TPSA) is 92.9 Å². The summed E-state index contributed by atoms with van der Waals surface area (Å²) in [5.74, 6) is -0.899. The largest absolute Gasteiger partial charge is 0.444 e. The summed E-state index contributed by atoms with van der Waals surface area (Å²) in [5, 5.41) is 0. The van der Waals surface area contributed by atoms with Gasteiger partial charge in [0.25, 0.3) is 0 Å². The molecule has 3 amide bonds. The molecule has 0 aromatic rings. The molecule has 23 heavy (non-hydrogen) atoms. The number of amides is 3. The van der Waals surface area contributed by atoms with E-state index in [-0.39, 0.29) is 24.5 Å². The molecule has 0 bridgehead atoms. The van der Waals surface area contributed by atoms with Crippen LogP contribution >= 0.6 is 0 Å². The van der Waals surface area contributed by atoms with Crippen LogP contribution in [0.3, 0.4) is 0 Å². The lowest BCUT2D eigenvalue weighted by atomic mass is 10.1. The van der Waals surface area contributed by atoms with Crippen molar-refractivity contribution in [3.05, 3.63) is 0 Å². The second-order valence-corrected chi connectivity index (χ2v) is 7.43. The van der Waals surface area contributed by atoms with Crippen LogP contribution in [0, 0.1) is 5.92 Å². The van der Waals surface area contributed by atoms with Gasteiger partial charge >= 0.3 is 6.09 Å². The molecule has 0 radical (unpaired) electrons. The summed E-state index contributed by atoms with van der Waals surface area (Å²) in [6, 6.07) is -0.0677. The van der Waals surface area contributed by atoms with Gasteiger partial charge < -0.3 is 20.3 Å². The SMILES string of the molecule is CC(C)(C)OC(=O)N1CCCCC(N2CC(C(N)=O)CC2=O)C1. The van der Waals surface area contributed by atoms with Crippen LogP contribution in [0.15, 0.2) is 0 Å². The van der Waals surface area contributed by atoms with Gasteiger partial charge in [0, 0.05) is 32.1 Å². The van der Waals surface area contributed by atoms with E-state index >= 15 is 0 Å². The summed E-state index contributed by atoms with van der Waals surface area (Å²) in [6.45, 7) is 6.95. The summed E-state index contributed by atoms with van der Waals surface area (Å²) in [4.78, 5) is 39.2. The van der Waals surface area contributed by atoms with Gasteiger partial charge in [0.05, 0.1) is 5.92 Å². The Morgan fingerprint density at radius 1 is 1.22 bits per heavy atom. The molecule has 2 unspecified atom stereocenters. The highest BCUT2D eigenvalue weighted by atomic mass is 16.6. The molecule has 0 saturated carbocycles. The first-order valence-corrected chi connectivity index (χ1v) is 8.24. The van der Waals surface area contributed by atoms with Gasteiger partial charge in [0.2, 0.25) is 11.8 Å². The number of hydrogen-bond acceptors (Lipinski definition) is 4. The Morgan fingerprint density at radius 2 is 1.91 bits per heavy atom. The lowest BCUT2D eigenvalue weighted by Gasteiger charge is -2.32. The molecule has 2 N–H and O–H groups in total. The van der Waals surface area contributed by atoms with Crippen molar-refractivity contribution in [2.45, 2.75) is 58.1 Å². The second-order valence-electron chi connectivity index (χ2n) is 7.43. The van der Waals surface area contributed by atoms with E-state index in [2.05, 4.69) is 0 Å². The Hall–Kier alpha value is -1.79. The Kier molecular flexibility index (Phi) is 5.16. The number of hydrogen-bond donors (Lipinski definition) is 1. The fourth-order valence-electron chi connectivity index (χ4n) is 3.14. The molecule has 2 atom stereocenters.